The SMILES string of the molecule is CN(C)CCC(CN)c1cccc(Cl)c1. The molecule has 0 saturated heterocycles. The van der Waals surface area contributed by atoms with Crippen LogP contribution in [0, 0.1) is 0 Å². The molecule has 0 fully saturated rings. The van der Waals surface area contributed by atoms with Crippen LogP contribution >= 0.6 is 11.6 Å². The van der Waals surface area contributed by atoms with Crippen LogP contribution < -0.4 is 5.73 Å². The van der Waals surface area contributed by atoms with E-state index in [4.69, 9.17) is 17.3 Å². The highest BCUT2D eigenvalue weighted by atomic mass is 35.5. The molecule has 3 heteroatoms. The van der Waals surface area contributed by atoms with Crippen LogP contribution in [0.5, 0.6) is 0 Å². The van der Waals surface area contributed by atoms with E-state index in [2.05, 4.69) is 25.1 Å². The van der Waals surface area contributed by atoms with E-state index in [9.17, 15) is 0 Å². The molecule has 0 heterocycles. The summed E-state index contributed by atoms with van der Waals surface area (Å²) < 4.78 is 0. The Morgan fingerprint density at radius 1 is 1.40 bits per heavy atom. The molecule has 0 aromatic heterocycles. The highest BCUT2D eigenvalue weighted by Gasteiger charge is 2.09. The molecule has 2 N–H and O–H groups in total. The number of hydrogen-bond donors (Lipinski definition) is 1. The van der Waals surface area contributed by atoms with E-state index in [1.54, 1.807) is 0 Å². The van der Waals surface area contributed by atoms with Gasteiger partial charge in [0.1, 0.15) is 0 Å². The normalized spacial score (nSPS) is 13.1. The van der Waals surface area contributed by atoms with Crippen LogP contribution in [0.25, 0.3) is 0 Å². The Morgan fingerprint density at radius 3 is 2.67 bits per heavy atom. The van der Waals surface area contributed by atoms with Crippen molar-refractivity contribution in [2.75, 3.05) is 27.2 Å². The van der Waals surface area contributed by atoms with E-state index in [0.29, 0.717) is 12.5 Å². The fourth-order valence-corrected chi connectivity index (χ4v) is 1.79. The van der Waals surface area contributed by atoms with E-state index < -0.39 is 0 Å². The van der Waals surface area contributed by atoms with E-state index in [-0.39, 0.29) is 0 Å². The fourth-order valence-electron chi connectivity index (χ4n) is 1.60. The van der Waals surface area contributed by atoms with Crippen LogP contribution in [-0.2, 0) is 0 Å². The molecule has 0 saturated carbocycles. The van der Waals surface area contributed by atoms with Gasteiger partial charge in [0.2, 0.25) is 0 Å². The molecular weight excluding hydrogens is 208 g/mol. The lowest BCUT2D eigenvalue weighted by molar-refractivity contribution is 0.382. The van der Waals surface area contributed by atoms with E-state index in [1.807, 2.05) is 18.2 Å². The first-order valence-corrected chi connectivity index (χ1v) is 5.61. The minimum absolute atomic E-state index is 0.408. The Balaban J connectivity index is 2.65. The number of benzene rings is 1. The van der Waals surface area contributed by atoms with Crippen LogP contribution in [0.3, 0.4) is 0 Å². The lowest BCUT2D eigenvalue weighted by atomic mass is 9.96. The standard InChI is InChI=1S/C12H19ClN2/c1-15(2)7-6-11(9-14)10-4-3-5-12(13)8-10/h3-5,8,11H,6-7,9,14H2,1-2H3. The van der Waals surface area contributed by atoms with Crippen molar-refractivity contribution in [2.45, 2.75) is 12.3 Å². The van der Waals surface area contributed by atoms with Crippen LogP contribution in [0.4, 0.5) is 0 Å². The predicted molar refractivity (Wildman–Crippen MR) is 66.4 cm³/mol. The van der Waals surface area contributed by atoms with Gasteiger partial charge in [-0.25, -0.2) is 0 Å². The molecule has 0 aliphatic carbocycles. The summed E-state index contributed by atoms with van der Waals surface area (Å²) in [6.07, 6.45) is 1.07. The molecule has 0 aliphatic rings. The van der Waals surface area contributed by atoms with Gasteiger partial charge in [-0.2, -0.15) is 0 Å². The third-order valence-electron chi connectivity index (χ3n) is 2.53. The van der Waals surface area contributed by atoms with Gasteiger partial charge in [-0.1, -0.05) is 23.7 Å². The van der Waals surface area contributed by atoms with Gasteiger partial charge in [0.25, 0.3) is 0 Å². The summed E-state index contributed by atoms with van der Waals surface area (Å²) in [4.78, 5) is 2.17. The Hall–Kier alpha value is -0.570. The third kappa shape index (κ3) is 4.20. The van der Waals surface area contributed by atoms with Crippen molar-refractivity contribution in [1.29, 1.82) is 0 Å². The zero-order valence-electron chi connectivity index (χ0n) is 9.41. The monoisotopic (exact) mass is 226 g/mol. The number of halogens is 1. The van der Waals surface area contributed by atoms with Gasteiger partial charge >= 0.3 is 0 Å². The first-order chi connectivity index (χ1) is 7.13. The summed E-state index contributed by atoms with van der Waals surface area (Å²) in [6.45, 7) is 1.72. The number of nitrogens with two attached hydrogens (primary N) is 1. The average Bonchev–Trinajstić information content (AvgIpc) is 2.18. The molecular formula is C12H19ClN2. The molecule has 15 heavy (non-hydrogen) atoms. The molecule has 0 amide bonds. The highest BCUT2D eigenvalue weighted by Crippen LogP contribution is 2.21. The van der Waals surface area contributed by atoms with Gasteiger partial charge in [0, 0.05) is 5.02 Å². The average molecular weight is 227 g/mol. The quantitative estimate of drug-likeness (QED) is 0.835. The summed E-state index contributed by atoms with van der Waals surface area (Å²) >= 11 is 5.96. The summed E-state index contributed by atoms with van der Waals surface area (Å²) in [7, 11) is 4.15. The van der Waals surface area contributed by atoms with Crippen LogP contribution in [-0.4, -0.2) is 32.1 Å². The van der Waals surface area contributed by atoms with Crippen molar-refractivity contribution in [2.24, 2.45) is 5.73 Å². The topological polar surface area (TPSA) is 29.3 Å². The summed E-state index contributed by atoms with van der Waals surface area (Å²) in [6, 6.07) is 7.98. The van der Waals surface area contributed by atoms with Crippen LogP contribution in [0.2, 0.25) is 5.02 Å². The molecule has 1 aromatic rings. The molecule has 0 bridgehead atoms. The second-order valence-corrected chi connectivity index (χ2v) is 4.52. The lowest BCUT2D eigenvalue weighted by Gasteiger charge is -2.18. The number of rotatable bonds is 5. The van der Waals surface area contributed by atoms with Gasteiger partial charge in [0.15, 0.2) is 0 Å². The Bertz CT molecular complexity index is 299. The zero-order chi connectivity index (χ0) is 11.3. The second-order valence-electron chi connectivity index (χ2n) is 4.08. The first-order valence-electron chi connectivity index (χ1n) is 5.23. The van der Waals surface area contributed by atoms with Crippen molar-refractivity contribution in [3.8, 4) is 0 Å². The van der Waals surface area contributed by atoms with Crippen molar-refractivity contribution in [3.63, 3.8) is 0 Å². The zero-order valence-corrected chi connectivity index (χ0v) is 10.2. The van der Waals surface area contributed by atoms with Crippen molar-refractivity contribution in [3.05, 3.63) is 34.9 Å². The van der Waals surface area contributed by atoms with Gasteiger partial charge in [-0.05, 0) is 57.2 Å². The fraction of sp³-hybridized carbons (Fsp3) is 0.500. The predicted octanol–water partition coefficient (Wildman–Crippen LogP) is 2.33. The Labute approximate surface area is 97.0 Å². The van der Waals surface area contributed by atoms with E-state index >= 15 is 0 Å². The van der Waals surface area contributed by atoms with Crippen LogP contribution in [0.15, 0.2) is 24.3 Å². The highest BCUT2D eigenvalue weighted by molar-refractivity contribution is 6.30. The van der Waals surface area contributed by atoms with Crippen molar-refractivity contribution < 1.29 is 0 Å². The Morgan fingerprint density at radius 2 is 2.13 bits per heavy atom. The molecule has 0 radical (unpaired) electrons. The van der Waals surface area contributed by atoms with Crippen molar-refractivity contribution >= 4 is 11.6 Å². The molecule has 1 aromatic carbocycles. The molecule has 0 spiro atoms. The maximum absolute atomic E-state index is 5.96. The molecule has 84 valence electrons. The van der Waals surface area contributed by atoms with Gasteiger partial charge in [-0.3, -0.25) is 0 Å². The maximum atomic E-state index is 5.96. The summed E-state index contributed by atoms with van der Waals surface area (Å²) in [5.74, 6) is 0.408. The van der Waals surface area contributed by atoms with Crippen LogP contribution in [0.1, 0.15) is 17.9 Å². The molecule has 0 aliphatic heterocycles. The number of nitrogens with zero attached hydrogens (tertiary/aromatic N) is 1. The molecule has 2 nitrogen and oxygen atoms in total. The largest absolute Gasteiger partial charge is 0.330 e. The number of hydrogen-bond acceptors (Lipinski definition) is 2. The summed E-state index contributed by atoms with van der Waals surface area (Å²) in [5.41, 5.74) is 7.02. The van der Waals surface area contributed by atoms with Gasteiger partial charge in [0.05, 0.1) is 0 Å². The second kappa shape index (κ2) is 6.11. The molecule has 1 rings (SSSR count). The molecule has 1 atom stereocenters. The van der Waals surface area contributed by atoms with Gasteiger partial charge in [-0.15, -0.1) is 0 Å². The minimum atomic E-state index is 0.408. The van der Waals surface area contributed by atoms with Crippen molar-refractivity contribution in [1.82, 2.24) is 4.90 Å². The first kappa shape index (κ1) is 12.5. The third-order valence-corrected chi connectivity index (χ3v) is 2.76. The smallest absolute Gasteiger partial charge is 0.0408 e. The summed E-state index contributed by atoms with van der Waals surface area (Å²) in [5, 5.41) is 0.788. The van der Waals surface area contributed by atoms with E-state index in [0.717, 1.165) is 18.0 Å². The minimum Gasteiger partial charge on any atom is -0.330 e. The molecule has 1 unspecified atom stereocenters. The maximum Gasteiger partial charge on any atom is 0.0408 e. The lowest BCUT2D eigenvalue weighted by Crippen LogP contribution is -2.20. The van der Waals surface area contributed by atoms with Gasteiger partial charge < -0.3 is 10.6 Å². The Kier molecular flexibility index (Phi) is 5.09. The van der Waals surface area contributed by atoms with E-state index in [1.165, 1.54) is 5.56 Å².